The topological polar surface area (TPSA) is 103 Å². The van der Waals surface area contributed by atoms with Gasteiger partial charge in [-0.05, 0) is 62.1 Å². The van der Waals surface area contributed by atoms with E-state index in [4.69, 9.17) is 26.1 Å². The number of carbonyl (C=O) groups is 2. The Balaban J connectivity index is 1.11. The molecule has 2 aliphatic carbocycles. The number of halogens is 1. The van der Waals surface area contributed by atoms with E-state index in [2.05, 4.69) is 29.6 Å². The summed E-state index contributed by atoms with van der Waals surface area (Å²) in [6, 6.07) is 20.7. The fourth-order valence-corrected chi connectivity index (χ4v) is 7.30. The Hall–Kier alpha value is -4.37. The molecule has 2 fully saturated rings. The Labute approximate surface area is 266 Å². The van der Waals surface area contributed by atoms with Crippen LogP contribution in [-0.2, 0) is 9.47 Å². The second-order valence-electron chi connectivity index (χ2n) is 13.2. The standard InChI is InChI=1S/C35H35ClN4O5/c1-19(37-33(42)44-18-26-22-12-7-5-10-20(22)21-11-6-8-13-23(21)26)31-38-28-15-9-14-27(36)29(28)32(41)40(31)30-24-16-39(17-25(24)30)34(43)45-35(2,3)4/h5-15,19,24-26,30H,16-18H2,1-4H3,(H,37,42)/t19-,24?,25?,30?/m0/s1. The molecule has 7 rings (SSSR count). The predicted octanol–water partition coefficient (Wildman–Crippen LogP) is 6.69. The summed E-state index contributed by atoms with van der Waals surface area (Å²) in [6.45, 7) is 8.44. The van der Waals surface area contributed by atoms with E-state index in [0.717, 1.165) is 22.3 Å². The van der Waals surface area contributed by atoms with Gasteiger partial charge < -0.3 is 19.7 Å². The first-order chi connectivity index (χ1) is 21.5. The minimum atomic E-state index is -0.639. The largest absolute Gasteiger partial charge is 0.449 e. The highest BCUT2D eigenvalue weighted by Gasteiger charge is 2.59. The van der Waals surface area contributed by atoms with E-state index in [1.54, 1.807) is 34.6 Å². The number of likely N-dealkylation sites (tertiary alicyclic amines) is 1. The highest BCUT2D eigenvalue weighted by atomic mass is 35.5. The summed E-state index contributed by atoms with van der Waals surface area (Å²) in [6.07, 6.45) is -0.950. The molecule has 1 saturated heterocycles. The zero-order valence-corrected chi connectivity index (χ0v) is 26.4. The second kappa shape index (κ2) is 10.9. The average molecular weight is 627 g/mol. The lowest BCUT2D eigenvalue weighted by molar-refractivity contribution is 0.0266. The van der Waals surface area contributed by atoms with Gasteiger partial charge in [-0.3, -0.25) is 9.36 Å². The number of alkyl carbamates (subject to hydrolysis) is 1. The van der Waals surface area contributed by atoms with Gasteiger partial charge in [-0.2, -0.15) is 0 Å². The van der Waals surface area contributed by atoms with Crippen LogP contribution in [0.4, 0.5) is 9.59 Å². The van der Waals surface area contributed by atoms with Crippen molar-refractivity contribution in [1.82, 2.24) is 19.8 Å². The second-order valence-corrected chi connectivity index (χ2v) is 13.6. The Morgan fingerprint density at radius 3 is 2.22 bits per heavy atom. The third-order valence-corrected chi connectivity index (χ3v) is 9.39. The summed E-state index contributed by atoms with van der Waals surface area (Å²) in [7, 11) is 0. The van der Waals surface area contributed by atoms with Crippen molar-refractivity contribution in [1.29, 1.82) is 0 Å². The number of aromatic nitrogens is 2. The third-order valence-electron chi connectivity index (χ3n) is 9.07. The molecule has 2 amide bonds. The minimum absolute atomic E-state index is 0.0670. The molecule has 3 atom stereocenters. The van der Waals surface area contributed by atoms with Crippen molar-refractivity contribution in [2.24, 2.45) is 11.8 Å². The van der Waals surface area contributed by atoms with Gasteiger partial charge in [0.15, 0.2) is 0 Å². The predicted molar refractivity (Wildman–Crippen MR) is 171 cm³/mol. The quantitative estimate of drug-likeness (QED) is 0.265. The minimum Gasteiger partial charge on any atom is -0.449 e. The van der Waals surface area contributed by atoms with Crippen molar-refractivity contribution in [3.8, 4) is 11.1 Å². The highest BCUT2D eigenvalue weighted by Crippen LogP contribution is 2.55. The van der Waals surface area contributed by atoms with Gasteiger partial charge in [0.1, 0.15) is 18.0 Å². The van der Waals surface area contributed by atoms with Crippen LogP contribution in [0.25, 0.3) is 22.0 Å². The molecule has 0 bridgehead atoms. The molecule has 1 N–H and O–H groups in total. The van der Waals surface area contributed by atoms with Crippen LogP contribution in [0, 0.1) is 11.8 Å². The third kappa shape index (κ3) is 5.23. The van der Waals surface area contributed by atoms with E-state index < -0.39 is 17.7 Å². The van der Waals surface area contributed by atoms with Crippen molar-refractivity contribution in [2.75, 3.05) is 19.7 Å². The average Bonchev–Trinajstić information content (AvgIpc) is 3.31. The van der Waals surface area contributed by atoms with E-state index >= 15 is 0 Å². The molecule has 232 valence electrons. The van der Waals surface area contributed by atoms with Crippen LogP contribution >= 0.6 is 11.6 Å². The summed E-state index contributed by atoms with van der Waals surface area (Å²) in [4.78, 5) is 46.4. The van der Waals surface area contributed by atoms with Crippen molar-refractivity contribution < 1.29 is 19.1 Å². The van der Waals surface area contributed by atoms with Gasteiger partial charge >= 0.3 is 12.2 Å². The number of fused-ring (bicyclic) bond motifs is 5. The molecule has 10 heteroatoms. The Morgan fingerprint density at radius 1 is 0.978 bits per heavy atom. The summed E-state index contributed by atoms with van der Waals surface area (Å²) in [5, 5.41) is 3.58. The number of hydrogen-bond donors (Lipinski definition) is 1. The Kier molecular flexibility index (Phi) is 7.11. The number of benzene rings is 3. The molecule has 3 aliphatic rings. The van der Waals surface area contributed by atoms with Crippen LogP contribution in [-0.4, -0.2) is 51.9 Å². The van der Waals surface area contributed by atoms with E-state index in [-0.39, 0.29) is 42.1 Å². The van der Waals surface area contributed by atoms with Gasteiger partial charge in [-0.15, -0.1) is 0 Å². The first-order valence-electron chi connectivity index (χ1n) is 15.3. The Bertz CT molecular complexity index is 1840. The van der Waals surface area contributed by atoms with Crippen LogP contribution in [0.3, 0.4) is 0 Å². The number of rotatable bonds is 5. The summed E-state index contributed by atoms with van der Waals surface area (Å²) >= 11 is 6.49. The number of piperidine rings is 1. The van der Waals surface area contributed by atoms with Crippen LogP contribution < -0.4 is 10.9 Å². The molecule has 2 unspecified atom stereocenters. The van der Waals surface area contributed by atoms with Gasteiger partial charge in [0, 0.05) is 36.9 Å². The zero-order valence-electron chi connectivity index (χ0n) is 25.6. The van der Waals surface area contributed by atoms with Gasteiger partial charge in [-0.1, -0.05) is 66.2 Å². The van der Waals surface area contributed by atoms with Crippen molar-refractivity contribution in [3.05, 3.63) is 99.1 Å². The van der Waals surface area contributed by atoms with Gasteiger partial charge in [0.2, 0.25) is 0 Å². The smallest absolute Gasteiger partial charge is 0.410 e. The number of nitrogens with zero attached hydrogens (tertiary/aromatic N) is 3. The number of nitrogens with one attached hydrogen (secondary N) is 1. The summed E-state index contributed by atoms with van der Waals surface area (Å²) < 4.78 is 13.0. The van der Waals surface area contributed by atoms with Crippen LogP contribution in [0.5, 0.6) is 0 Å². The van der Waals surface area contributed by atoms with E-state index in [0.29, 0.717) is 34.8 Å². The number of carbonyl (C=O) groups excluding carboxylic acids is 2. The van der Waals surface area contributed by atoms with Gasteiger partial charge in [0.25, 0.3) is 5.56 Å². The molecular weight excluding hydrogens is 592 g/mol. The maximum Gasteiger partial charge on any atom is 0.410 e. The Morgan fingerprint density at radius 2 is 1.60 bits per heavy atom. The molecule has 45 heavy (non-hydrogen) atoms. The lowest BCUT2D eigenvalue weighted by Crippen LogP contribution is -2.39. The SMILES string of the molecule is C[C@H](NC(=O)OCC1c2ccccc2-c2ccccc21)c1nc2cccc(Cl)c2c(=O)n1C1C2CN(C(=O)OC(C)(C)C)CC21. The lowest BCUT2D eigenvalue weighted by atomic mass is 9.98. The van der Waals surface area contributed by atoms with Gasteiger partial charge in [0.05, 0.1) is 22.0 Å². The molecule has 1 aliphatic heterocycles. The molecule has 1 aromatic heterocycles. The molecule has 3 aromatic carbocycles. The first-order valence-corrected chi connectivity index (χ1v) is 15.7. The van der Waals surface area contributed by atoms with Crippen molar-refractivity contribution in [2.45, 2.75) is 51.3 Å². The molecule has 2 heterocycles. The summed E-state index contributed by atoms with van der Waals surface area (Å²) in [5.74, 6) is 0.484. The van der Waals surface area contributed by atoms with Crippen molar-refractivity contribution in [3.63, 3.8) is 0 Å². The van der Waals surface area contributed by atoms with Gasteiger partial charge in [-0.25, -0.2) is 14.6 Å². The molecule has 0 spiro atoms. The molecular formula is C35H35ClN4O5. The lowest BCUT2D eigenvalue weighted by Gasteiger charge is -2.27. The molecule has 1 saturated carbocycles. The van der Waals surface area contributed by atoms with Crippen LogP contribution in [0.15, 0.2) is 71.5 Å². The number of ether oxygens (including phenoxy) is 2. The molecule has 4 aromatic rings. The highest BCUT2D eigenvalue weighted by molar-refractivity contribution is 6.35. The van der Waals surface area contributed by atoms with Crippen LogP contribution in [0.1, 0.15) is 62.6 Å². The maximum atomic E-state index is 14.0. The van der Waals surface area contributed by atoms with Crippen molar-refractivity contribution >= 4 is 34.7 Å². The molecule has 0 radical (unpaired) electrons. The summed E-state index contributed by atoms with van der Waals surface area (Å²) in [5.41, 5.74) is 4.17. The zero-order chi connectivity index (χ0) is 31.6. The van der Waals surface area contributed by atoms with E-state index in [1.165, 1.54) is 0 Å². The normalized spacial score (nSPS) is 20.7. The number of hydrogen-bond acceptors (Lipinski definition) is 6. The first kappa shape index (κ1) is 29.3. The van der Waals surface area contributed by atoms with E-state index in [1.807, 2.05) is 45.0 Å². The monoisotopic (exact) mass is 626 g/mol. The molecule has 9 nitrogen and oxygen atoms in total. The van der Waals surface area contributed by atoms with Crippen LogP contribution in [0.2, 0.25) is 5.02 Å². The number of amides is 2. The fourth-order valence-electron chi connectivity index (χ4n) is 7.05. The van der Waals surface area contributed by atoms with E-state index in [9.17, 15) is 14.4 Å². The fraction of sp³-hybridized carbons (Fsp3) is 0.371. The maximum absolute atomic E-state index is 14.0.